The first kappa shape index (κ1) is 8.96. The maximum Gasteiger partial charge on any atom is 0.307 e. The van der Waals surface area contributed by atoms with E-state index in [4.69, 9.17) is 21.7 Å². The molecule has 0 fully saturated rings. The van der Waals surface area contributed by atoms with Gasteiger partial charge < -0.3 is 14.5 Å². The van der Waals surface area contributed by atoms with E-state index in [-0.39, 0.29) is 6.42 Å². The lowest BCUT2D eigenvalue weighted by Gasteiger charge is -1.94. The van der Waals surface area contributed by atoms with Crippen molar-refractivity contribution in [1.29, 1.82) is 0 Å². The van der Waals surface area contributed by atoms with Gasteiger partial charge in [-0.3, -0.25) is 4.79 Å². The molecule has 0 aliphatic carbocycles. The van der Waals surface area contributed by atoms with E-state index in [2.05, 4.69) is 4.98 Å². The minimum atomic E-state index is -0.863. The molecule has 1 aromatic carbocycles. The standard InChI is InChI=1S/C9H7NO3S/c11-8(12)4-5-1-2-6-7(3-5)13-9(14)10-6/h1-3H,4H2,(H,10,14)(H,11,12). The fourth-order valence-corrected chi connectivity index (χ4v) is 1.47. The van der Waals surface area contributed by atoms with Gasteiger partial charge in [-0.25, -0.2) is 0 Å². The number of hydrogen-bond donors (Lipinski definition) is 2. The maximum absolute atomic E-state index is 10.5. The van der Waals surface area contributed by atoms with Crippen molar-refractivity contribution in [2.75, 3.05) is 0 Å². The Morgan fingerprint density at radius 1 is 1.57 bits per heavy atom. The lowest BCUT2D eigenvalue weighted by Crippen LogP contribution is -1.99. The molecule has 1 heterocycles. The Balaban J connectivity index is 2.50. The van der Waals surface area contributed by atoms with Crippen molar-refractivity contribution >= 4 is 29.3 Å². The molecule has 0 saturated carbocycles. The lowest BCUT2D eigenvalue weighted by atomic mass is 10.1. The van der Waals surface area contributed by atoms with Crippen LogP contribution in [0.1, 0.15) is 5.56 Å². The second-order valence-electron chi connectivity index (χ2n) is 2.92. The van der Waals surface area contributed by atoms with Crippen LogP contribution in [0.4, 0.5) is 0 Å². The Hall–Kier alpha value is -1.62. The summed E-state index contributed by atoms with van der Waals surface area (Å²) in [5.41, 5.74) is 2.07. The summed E-state index contributed by atoms with van der Waals surface area (Å²) in [6.45, 7) is 0. The highest BCUT2D eigenvalue weighted by molar-refractivity contribution is 7.71. The van der Waals surface area contributed by atoms with Crippen LogP contribution in [0.3, 0.4) is 0 Å². The molecule has 0 aliphatic heterocycles. The SMILES string of the molecule is O=C(O)Cc1ccc2[nH]c(=S)oc2c1. The molecule has 5 heteroatoms. The molecule has 0 radical (unpaired) electrons. The van der Waals surface area contributed by atoms with Crippen LogP contribution >= 0.6 is 12.2 Å². The number of fused-ring (bicyclic) bond motifs is 1. The molecule has 0 amide bonds. The van der Waals surface area contributed by atoms with Gasteiger partial charge in [0.1, 0.15) is 0 Å². The third-order valence-electron chi connectivity index (χ3n) is 1.84. The number of aromatic amines is 1. The molecule has 0 saturated heterocycles. The third kappa shape index (κ3) is 1.67. The van der Waals surface area contributed by atoms with E-state index in [0.717, 1.165) is 5.52 Å². The van der Waals surface area contributed by atoms with Crippen molar-refractivity contribution in [1.82, 2.24) is 4.98 Å². The molecule has 0 unspecified atom stereocenters. The number of carboxylic acid groups (broad SMARTS) is 1. The second kappa shape index (κ2) is 3.26. The van der Waals surface area contributed by atoms with Gasteiger partial charge in [0.15, 0.2) is 5.58 Å². The van der Waals surface area contributed by atoms with E-state index in [1.54, 1.807) is 18.2 Å². The second-order valence-corrected chi connectivity index (χ2v) is 3.29. The van der Waals surface area contributed by atoms with Crippen molar-refractivity contribution in [2.24, 2.45) is 0 Å². The van der Waals surface area contributed by atoms with Crippen LogP contribution in [-0.2, 0) is 11.2 Å². The van der Waals surface area contributed by atoms with Crippen LogP contribution in [-0.4, -0.2) is 16.1 Å². The topological polar surface area (TPSA) is 66.2 Å². The van der Waals surface area contributed by atoms with Gasteiger partial charge >= 0.3 is 5.97 Å². The minimum absolute atomic E-state index is 0.0105. The van der Waals surface area contributed by atoms with Gasteiger partial charge in [-0.15, -0.1) is 0 Å². The average Bonchev–Trinajstić information content (AvgIpc) is 2.42. The van der Waals surface area contributed by atoms with E-state index in [1.165, 1.54) is 0 Å². The fourth-order valence-electron chi connectivity index (χ4n) is 1.27. The highest BCUT2D eigenvalue weighted by atomic mass is 32.1. The summed E-state index contributed by atoms with van der Waals surface area (Å²) in [6.07, 6.45) is -0.0105. The molecule has 2 N–H and O–H groups in total. The largest absolute Gasteiger partial charge is 0.481 e. The number of carboxylic acids is 1. The molecule has 4 nitrogen and oxygen atoms in total. The van der Waals surface area contributed by atoms with Gasteiger partial charge in [0.25, 0.3) is 4.84 Å². The van der Waals surface area contributed by atoms with Crippen molar-refractivity contribution in [3.05, 3.63) is 28.6 Å². The Labute approximate surface area is 84.2 Å². The average molecular weight is 209 g/mol. The molecular weight excluding hydrogens is 202 g/mol. The zero-order chi connectivity index (χ0) is 10.1. The quantitative estimate of drug-likeness (QED) is 0.743. The van der Waals surface area contributed by atoms with Crippen LogP contribution in [0.2, 0.25) is 0 Å². The first-order chi connectivity index (χ1) is 6.65. The molecule has 2 rings (SSSR count). The summed E-state index contributed by atoms with van der Waals surface area (Å²) in [5, 5.41) is 8.59. The molecule has 1 aromatic heterocycles. The van der Waals surface area contributed by atoms with Crippen LogP contribution in [0, 0.1) is 4.84 Å². The molecule has 2 aromatic rings. The van der Waals surface area contributed by atoms with Crippen molar-refractivity contribution < 1.29 is 14.3 Å². The van der Waals surface area contributed by atoms with E-state index >= 15 is 0 Å². The van der Waals surface area contributed by atoms with Gasteiger partial charge in [-0.1, -0.05) is 6.07 Å². The summed E-state index contributed by atoms with van der Waals surface area (Å²) in [5.74, 6) is -0.863. The van der Waals surface area contributed by atoms with E-state index < -0.39 is 5.97 Å². The van der Waals surface area contributed by atoms with E-state index in [0.29, 0.717) is 16.0 Å². The lowest BCUT2D eigenvalue weighted by molar-refractivity contribution is -0.136. The Morgan fingerprint density at radius 3 is 3.07 bits per heavy atom. The Bertz CT molecular complexity index is 540. The van der Waals surface area contributed by atoms with Crippen LogP contribution < -0.4 is 0 Å². The summed E-state index contributed by atoms with van der Waals surface area (Å²) in [6, 6.07) is 5.17. The number of oxazole rings is 1. The predicted octanol–water partition coefficient (Wildman–Crippen LogP) is 2.12. The molecule has 14 heavy (non-hydrogen) atoms. The van der Waals surface area contributed by atoms with Gasteiger partial charge in [-0.05, 0) is 29.9 Å². The van der Waals surface area contributed by atoms with E-state index in [9.17, 15) is 4.79 Å². The monoisotopic (exact) mass is 209 g/mol. The number of aliphatic carboxylic acids is 1. The molecule has 0 aliphatic rings. The van der Waals surface area contributed by atoms with Gasteiger partial charge in [-0.2, -0.15) is 0 Å². The summed E-state index contributed by atoms with van der Waals surface area (Å²) >= 11 is 4.81. The Morgan fingerprint density at radius 2 is 2.36 bits per heavy atom. The summed E-state index contributed by atoms with van der Waals surface area (Å²) in [7, 11) is 0. The highest BCUT2D eigenvalue weighted by Gasteiger charge is 2.03. The number of hydrogen-bond acceptors (Lipinski definition) is 3. The third-order valence-corrected chi connectivity index (χ3v) is 2.03. The zero-order valence-corrected chi connectivity index (χ0v) is 7.93. The number of nitrogens with one attached hydrogen (secondary N) is 1. The molecule has 0 atom stereocenters. The smallest absolute Gasteiger partial charge is 0.307 e. The Kier molecular flexibility index (Phi) is 2.09. The summed E-state index contributed by atoms with van der Waals surface area (Å²) < 4.78 is 5.16. The van der Waals surface area contributed by atoms with Gasteiger partial charge in [0, 0.05) is 0 Å². The van der Waals surface area contributed by atoms with Crippen molar-refractivity contribution in [3.8, 4) is 0 Å². The maximum atomic E-state index is 10.5. The van der Waals surface area contributed by atoms with Crippen LogP contribution in [0.25, 0.3) is 11.1 Å². The number of benzene rings is 1. The van der Waals surface area contributed by atoms with E-state index in [1.807, 2.05) is 0 Å². The molecule has 72 valence electrons. The number of carbonyl (C=O) groups is 1. The number of aromatic nitrogens is 1. The predicted molar refractivity (Wildman–Crippen MR) is 52.7 cm³/mol. The normalized spacial score (nSPS) is 10.6. The van der Waals surface area contributed by atoms with Crippen molar-refractivity contribution in [3.63, 3.8) is 0 Å². The van der Waals surface area contributed by atoms with Gasteiger partial charge in [0.05, 0.1) is 11.9 Å². The molecule has 0 spiro atoms. The number of H-pyrrole nitrogens is 1. The van der Waals surface area contributed by atoms with Crippen LogP contribution in [0.5, 0.6) is 0 Å². The zero-order valence-electron chi connectivity index (χ0n) is 7.11. The van der Waals surface area contributed by atoms with Crippen molar-refractivity contribution in [2.45, 2.75) is 6.42 Å². The first-order valence-corrected chi connectivity index (χ1v) is 4.39. The fraction of sp³-hybridized carbons (Fsp3) is 0.111. The molecule has 0 bridgehead atoms. The highest BCUT2D eigenvalue weighted by Crippen LogP contribution is 2.15. The molecular formula is C9H7NO3S. The van der Waals surface area contributed by atoms with Gasteiger partial charge in [0.2, 0.25) is 0 Å². The minimum Gasteiger partial charge on any atom is -0.481 e. The van der Waals surface area contributed by atoms with Crippen LogP contribution in [0.15, 0.2) is 22.6 Å². The summed E-state index contributed by atoms with van der Waals surface area (Å²) in [4.78, 5) is 13.6. The number of rotatable bonds is 2. The first-order valence-electron chi connectivity index (χ1n) is 3.99.